The Labute approximate surface area is 130 Å². The van der Waals surface area contributed by atoms with Gasteiger partial charge in [0, 0.05) is 6.07 Å². The maximum atomic E-state index is 13.2. The van der Waals surface area contributed by atoms with Crippen LogP contribution < -0.4 is 4.74 Å². The average Bonchev–Trinajstić information content (AvgIpc) is 2.84. The molecule has 3 aromatic rings. The molecule has 0 unspecified atom stereocenters. The molecule has 21 heavy (non-hydrogen) atoms. The SMILES string of the molecule is COc1ccc2c(c1)nc(CCl)n2-c1ccc(F)cc1Cl. The van der Waals surface area contributed by atoms with E-state index >= 15 is 0 Å². The van der Waals surface area contributed by atoms with Gasteiger partial charge in [0.25, 0.3) is 0 Å². The minimum absolute atomic E-state index is 0.213. The standard InChI is InChI=1S/C15H11Cl2FN2O/c1-21-10-3-5-14-12(7-10)19-15(8-16)20(14)13-4-2-9(18)6-11(13)17/h2-7H,8H2,1H3. The highest BCUT2D eigenvalue weighted by Gasteiger charge is 2.15. The van der Waals surface area contributed by atoms with Crippen molar-refractivity contribution in [2.75, 3.05) is 7.11 Å². The van der Waals surface area contributed by atoms with Crippen molar-refractivity contribution in [3.8, 4) is 11.4 Å². The molecular formula is C15H11Cl2FN2O. The van der Waals surface area contributed by atoms with Crippen molar-refractivity contribution >= 4 is 34.2 Å². The molecular weight excluding hydrogens is 314 g/mol. The molecule has 0 amide bonds. The zero-order valence-corrected chi connectivity index (χ0v) is 12.6. The molecule has 0 N–H and O–H groups in total. The Morgan fingerprint density at radius 1 is 1.24 bits per heavy atom. The van der Waals surface area contributed by atoms with E-state index in [1.165, 1.54) is 12.1 Å². The summed E-state index contributed by atoms with van der Waals surface area (Å²) in [5.41, 5.74) is 2.21. The van der Waals surface area contributed by atoms with Crippen LogP contribution in [0.3, 0.4) is 0 Å². The third kappa shape index (κ3) is 2.45. The molecule has 0 aliphatic heterocycles. The normalized spacial score (nSPS) is 11.0. The van der Waals surface area contributed by atoms with Crippen LogP contribution in [0.1, 0.15) is 5.82 Å². The molecule has 0 saturated carbocycles. The van der Waals surface area contributed by atoms with Crippen LogP contribution in [0.4, 0.5) is 4.39 Å². The summed E-state index contributed by atoms with van der Waals surface area (Å²) in [4.78, 5) is 4.48. The fourth-order valence-electron chi connectivity index (χ4n) is 2.26. The smallest absolute Gasteiger partial charge is 0.129 e. The second-order valence-corrected chi connectivity index (χ2v) is 5.12. The Morgan fingerprint density at radius 3 is 2.71 bits per heavy atom. The van der Waals surface area contributed by atoms with E-state index < -0.39 is 0 Å². The minimum atomic E-state index is -0.387. The Kier molecular flexibility index (Phi) is 3.74. The molecule has 108 valence electrons. The van der Waals surface area contributed by atoms with Gasteiger partial charge in [0.15, 0.2) is 0 Å². The van der Waals surface area contributed by atoms with Crippen LogP contribution in [0, 0.1) is 5.82 Å². The topological polar surface area (TPSA) is 27.1 Å². The number of aromatic nitrogens is 2. The first-order valence-electron chi connectivity index (χ1n) is 6.21. The van der Waals surface area contributed by atoms with Crippen LogP contribution in [-0.2, 0) is 5.88 Å². The zero-order valence-electron chi connectivity index (χ0n) is 11.1. The molecule has 0 saturated heterocycles. The van der Waals surface area contributed by atoms with Gasteiger partial charge in [-0.15, -0.1) is 11.6 Å². The van der Waals surface area contributed by atoms with Gasteiger partial charge in [-0.3, -0.25) is 4.57 Å². The molecule has 3 nitrogen and oxygen atoms in total. The van der Waals surface area contributed by atoms with E-state index in [1.54, 1.807) is 13.2 Å². The number of hydrogen-bond donors (Lipinski definition) is 0. The molecule has 0 aliphatic rings. The lowest BCUT2D eigenvalue weighted by molar-refractivity contribution is 0.415. The van der Waals surface area contributed by atoms with Gasteiger partial charge in [-0.05, 0) is 30.3 Å². The molecule has 0 radical (unpaired) electrons. The van der Waals surface area contributed by atoms with Crippen LogP contribution in [0.15, 0.2) is 36.4 Å². The molecule has 1 aromatic heterocycles. The molecule has 0 bridgehead atoms. The predicted molar refractivity (Wildman–Crippen MR) is 82.1 cm³/mol. The zero-order chi connectivity index (χ0) is 15.0. The molecule has 0 spiro atoms. The van der Waals surface area contributed by atoms with Gasteiger partial charge in [0.2, 0.25) is 0 Å². The molecule has 0 fully saturated rings. The van der Waals surface area contributed by atoms with Gasteiger partial charge in [0.05, 0.1) is 34.7 Å². The molecule has 2 aromatic carbocycles. The number of ether oxygens (including phenoxy) is 1. The summed E-state index contributed by atoms with van der Waals surface area (Å²) in [6, 6.07) is 9.75. The quantitative estimate of drug-likeness (QED) is 0.660. The minimum Gasteiger partial charge on any atom is -0.497 e. The van der Waals surface area contributed by atoms with Crippen LogP contribution >= 0.6 is 23.2 Å². The highest BCUT2D eigenvalue weighted by molar-refractivity contribution is 6.32. The van der Waals surface area contributed by atoms with Crippen molar-refractivity contribution < 1.29 is 9.13 Å². The number of hydrogen-bond acceptors (Lipinski definition) is 2. The highest BCUT2D eigenvalue weighted by atomic mass is 35.5. The van der Waals surface area contributed by atoms with Crippen molar-refractivity contribution in [3.05, 3.63) is 53.1 Å². The monoisotopic (exact) mass is 324 g/mol. The third-order valence-electron chi connectivity index (χ3n) is 3.20. The van der Waals surface area contributed by atoms with E-state index in [1.807, 2.05) is 22.8 Å². The maximum absolute atomic E-state index is 13.2. The third-order valence-corrected chi connectivity index (χ3v) is 3.74. The van der Waals surface area contributed by atoms with Crippen molar-refractivity contribution in [1.82, 2.24) is 9.55 Å². The van der Waals surface area contributed by atoms with E-state index in [0.717, 1.165) is 11.0 Å². The van der Waals surface area contributed by atoms with E-state index in [-0.39, 0.29) is 11.7 Å². The van der Waals surface area contributed by atoms with Gasteiger partial charge < -0.3 is 4.74 Å². The van der Waals surface area contributed by atoms with Crippen LogP contribution in [0.25, 0.3) is 16.7 Å². The van der Waals surface area contributed by atoms with Crippen molar-refractivity contribution in [2.45, 2.75) is 5.88 Å². The Bertz CT molecular complexity index is 817. The van der Waals surface area contributed by atoms with Gasteiger partial charge in [-0.2, -0.15) is 0 Å². The number of imidazole rings is 1. The number of rotatable bonds is 3. The number of fused-ring (bicyclic) bond motifs is 1. The largest absolute Gasteiger partial charge is 0.497 e. The average molecular weight is 325 g/mol. The first kappa shape index (κ1) is 14.2. The second kappa shape index (κ2) is 5.54. The summed E-state index contributed by atoms with van der Waals surface area (Å²) in [5.74, 6) is 1.17. The van der Waals surface area contributed by atoms with E-state index in [9.17, 15) is 4.39 Å². The van der Waals surface area contributed by atoms with E-state index in [4.69, 9.17) is 27.9 Å². The summed E-state index contributed by atoms with van der Waals surface area (Å²) in [5, 5.41) is 0.302. The number of halogens is 3. The van der Waals surface area contributed by atoms with Gasteiger partial charge in [-0.1, -0.05) is 11.6 Å². The molecule has 0 atom stereocenters. The predicted octanol–water partition coefficient (Wildman–Crippen LogP) is 4.57. The van der Waals surface area contributed by atoms with Crippen molar-refractivity contribution in [1.29, 1.82) is 0 Å². The highest BCUT2D eigenvalue weighted by Crippen LogP contribution is 2.29. The lowest BCUT2D eigenvalue weighted by Gasteiger charge is -2.10. The summed E-state index contributed by atoms with van der Waals surface area (Å²) >= 11 is 12.1. The molecule has 6 heteroatoms. The van der Waals surface area contributed by atoms with Crippen molar-refractivity contribution in [2.24, 2.45) is 0 Å². The number of benzene rings is 2. The van der Waals surface area contributed by atoms with Gasteiger partial charge in [0.1, 0.15) is 17.4 Å². The van der Waals surface area contributed by atoms with E-state index in [2.05, 4.69) is 4.98 Å². The molecule has 1 heterocycles. The summed E-state index contributed by atoms with van der Waals surface area (Å²) in [6.45, 7) is 0. The fourth-order valence-corrected chi connectivity index (χ4v) is 2.69. The molecule has 3 rings (SSSR count). The molecule has 0 aliphatic carbocycles. The fraction of sp³-hybridized carbons (Fsp3) is 0.133. The summed E-state index contributed by atoms with van der Waals surface area (Å²) in [6.07, 6.45) is 0. The lowest BCUT2D eigenvalue weighted by atomic mass is 10.2. The Morgan fingerprint density at radius 2 is 2.05 bits per heavy atom. The number of methoxy groups -OCH3 is 1. The van der Waals surface area contributed by atoms with Gasteiger partial charge >= 0.3 is 0 Å². The van der Waals surface area contributed by atoms with Gasteiger partial charge in [-0.25, -0.2) is 9.37 Å². The first-order valence-corrected chi connectivity index (χ1v) is 7.12. The maximum Gasteiger partial charge on any atom is 0.129 e. The van der Waals surface area contributed by atoms with Crippen LogP contribution in [0.2, 0.25) is 5.02 Å². The Balaban J connectivity index is 2.29. The van der Waals surface area contributed by atoms with Crippen LogP contribution in [0.5, 0.6) is 5.75 Å². The number of nitrogens with zero attached hydrogens (tertiary/aromatic N) is 2. The summed E-state index contributed by atoms with van der Waals surface area (Å²) < 4.78 is 20.2. The lowest BCUT2D eigenvalue weighted by Crippen LogP contribution is -2.00. The van der Waals surface area contributed by atoms with Crippen LogP contribution in [-0.4, -0.2) is 16.7 Å². The number of alkyl halides is 1. The van der Waals surface area contributed by atoms with E-state index in [0.29, 0.717) is 22.3 Å². The Hall–Kier alpha value is -1.78. The first-order chi connectivity index (χ1) is 10.1. The summed E-state index contributed by atoms with van der Waals surface area (Å²) in [7, 11) is 1.59. The van der Waals surface area contributed by atoms with Crippen molar-refractivity contribution in [3.63, 3.8) is 0 Å². The second-order valence-electron chi connectivity index (χ2n) is 4.45.